The Bertz CT molecular complexity index is 452. The zero-order valence-electron chi connectivity index (χ0n) is 12.3. The van der Waals surface area contributed by atoms with E-state index in [0.29, 0.717) is 18.3 Å². The van der Waals surface area contributed by atoms with Crippen molar-refractivity contribution in [3.63, 3.8) is 0 Å². The Balaban J connectivity index is 2.13. The molecule has 0 amide bonds. The summed E-state index contributed by atoms with van der Waals surface area (Å²) in [5.41, 5.74) is 0. The molecule has 1 N–H and O–H groups in total. The molecular weight excluding hydrogens is 278 g/mol. The molecule has 2 aliphatic rings. The molecule has 5 nitrogen and oxygen atoms in total. The minimum Gasteiger partial charge on any atom is -0.480 e. The Kier molecular flexibility index (Phi) is 4.74. The highest BCUT2D eigenvalue weighted by Gasteiger charge is 2.38. The van der Waals surface area contributed by atoms with E-state index in [-0.39, 0.29) is 30.1 Å². The van der Waals surface area contributed by atoms with Gasteiger partial charge in [0, 0.05) is 12.1 Å². The van der Waals surface area contributed by atoms with Crippen molar-refractivity contribution in [1.29, 1.82) is 0 Å². The molecule has 116 valence electrons. The molecule has 0 spiro atoms. The Morgan fingerprint density at radius 3 is 2.20 bits per heavy atom. The minimum absolute atomic E-state index is 0.0374. The van der Waals surface area contributed by atoms with Crippen LogP contribution in [-0.2, 0) is 14.6 Å². The van der Waals surface area contributed by atoms with Crippen LogP contribution >= 0.6 is 0 Å². The third-order valence-electron chi connectivity index (χ3n) is 4.62. The Labute approximate surface area is 121 Å². The molecule has 0 aromatic carbocycles. The third kappa shape index (κ3) is 3.95. The van der Waals surface area contributed by atoms with Crippen LogP contribution in [0.15, 0.2) is 0 Å². The number of carboxylic acid groups (broad SMARTS) is 1. The van der Waals surface area contributed by atoms with Crippen LogP contribution in [0.25, 0.3) is 0 Å². The first-order valence-electron chi connectivity index (χ1n) is 7.45. The summed E-state index contributed by atoms with van der Waals surface area (Å²) >= 11 is 0. The van der Waals surface area contributed by atoms with Gasteiger partial charge >= 0.3 is 5.97 Å². The van der Waals surface area contributed by atoms with Crippen LogP contribution in [0.4, 0.5) is 0 Å². The molecule has 6 heteroatoms. The maximum Gasteiger partial charge on any atom is 0.317 e. The smallest absolute Gasteiger partial charge is 0.317 e. The summed E-state index contributed by atoms with van der Waals surface area (Å²) in [5, 5.41) is 9.15. The van der Waals surface area contributed by atoms with E-state index in [4.69, 9.17) is 5.11 Å². The fourth-order valence-electron chi connectivity index (χ4n) is 3.92. The molecule has 2 rings (SSSR count). The second-order valence-corrected chi connectivity index (χ2v) is 8.92. The first-order chi connectivity index (χ1) is 9.27. The summed E-state index contributed by atoms with van der Waals surface area (Å²) in [6.07, 6.45) is 3.72. The number of nitrogens with zero attached hydrogens (tertiary/aromatic N) is 1. The molecular formula is C14H25NO4S. The van der Waals surface area contributed by atoms with Crippen molar-refractivity contribution in [2.75, 3.05) is 18.1 Å². The maximum absolute atomic E-state index is 11.7. The van der Waals surface area contributed by atoms with Gasteiger partial charge in [-0.1, -0.05) is 13.8 Å². The van der Waals surface area contributed by atoms with Gasteiger partial charge in [-0.2, -0.15) is 0 Å². The molecule has 0 aromatic rings. The zero-order valence-corrected chi connectivity index (χ0v) is 13.1. The van der Waals surface area contributed by atoms with E-state index in [1.165, 1.54) is 6.42 Å². The number of carbonyl (C=O) groups is 1. The van der Waals surface area contributed by atoms with Crippen LogP contribution in [-0.4, -0.2) is 54.5 Å². The van der Waals surface area contributed by atoms with Gasteiger partial charge in [0.25, 0.3) is 0 Å². The fraction of sp³-hybridized carbons (Fsp3) is 0.929. The van der Waals surface area contributed by atoms with Crippen molar-refractivity contribution >= 4 is 15.8 Å². The van der Waals surface area contributed by atoms with Gasteiger partial charge in [0.05, 0.1) is 18.1 Å². The van der Waals surface area contributed by atoms with Crippen LogP contribution in [0.5, 0.6) is 0 Å². The number of hydrogen-bond donors (Lipinski definition) is 1. The number of hydrogen-bond acceptors (Lipinski definition) is 4. The molecule has 0 aromatic heterocycles. The Morgan fingerprint density at radius 2 is 1.75 bits per heavy atom. The average Bonchev–Trinajstić information content (AvgIpc) is 2.64. The van der Waals surface area contributed by atoms with Crippen molar-refractivity contribution in [3.05, 3.63) is 0 Å². The number of sulfone groups is 1. The van der Waals surface area contributed by atoms with E-state index < -0.39 is 15.8 Å². The first-order valence-corrected chi connectivity index (χ1v) is 9.27. The standard InChI is InChI=1S/C14H25NO4S/c1-10-5-11(2)7-13(6-10)15(8-14(16)17)12-3-4-20(18,19)9-12/h10-13H,3-9H2,1-2H3,(H,16,17). The molecule has 3 atom stereocenters. The van der Waals surface area contributed by atoms with E-state index in [1.807, 2.05) is 4.90 Å². The SMILES string of the molecule is CC1CC(C)CC(N(CC(=O)O)C2CCS(=O)(=O)C2)C1. The lowest BCUT2D eigenvalue weighted by Gasteiger charge is -2.41. The molecule has 0 radical (unpaired) electrons. The molecule has 1 saturated carbocycles. The number of rotatable bonds is 4. The molecule has 0 bridgehead atoms. The molecule has 1 aliphatic carbocycles. The van der Waals surface area contributed by atoms with Crippen LogP contribution in [0.3, 0.4) is 0 Å². The van der Waals surface area contributed by atoms with E-state index in [9.17, 15) is 13.2 Å². The van der Waals surface area contributed by atoms with Gasteiger partial charge in [-0.25, -0.2) is 8.42 Å². The summed E-state index contributed by atoms with van der Waals surface area (Å²) in [4.78, 5) is 13.1. The average molecular weight is 303 g/mol. The van der Waals surface area contributed by atoms with Crippen LogP contribution in [0.2, 0.25) is 0 Å². The van der Waals surface area contributed by atoms with Gasteiger partial charge in [0.15, 0.2) is 9.84 Å². The van der Waals surface area contributed by atoms with E-state index >= 15 is 0 Å². The van der Waals surface area contributed by atoms with E-state index in [1.54, 1.807) is 0 Å². The Hall–Kier alpha value is -0.620. The number of carboxylic acids is 1. The molecule has 20 heavy (non-hydrogen) atoms. The van der Waals surface area contributed by atoms with E-state index in [2.05, 4.69) is 13.8 Å². The first kappa shape index (κ1) is 15.8. The van der Waals surface area contributed by atoms with Crippen molar-refractivity contribution in [1.82, 2.24) is 4.90 Å². The predicted octanol–water partition coefficient (Wildman–Crippen LogP) is 1.38. The van der Waals surface area contributed by atoms with Gasteiger partial charge in [-0.15, -0.1) is 0 Å². The topological polar surface area (TPSA) is 74.7 Å². The van der Waals surface area contributed by atoms with Crippen LogP contribution in [0.1, 0.15) is 39.5 Å². The summed E-state index contributed by atoms with van der Waals surface area (Å²) in [6.45, 7) is 4.37. The van der Waals surface area contributed by atoms with Crippen molar-refractivity contribution in [2.45, 2.75) is 51.6 Å². The minimum atomic E-state index is -2.98. The lowest BCUT2D eigenvalue weighted by Crippen LogP contribution is -2.49. The highest BCUT2D eigenvalue weighted by Crippen LogP contribution is 2.34. The molecule has 2 fully saturated rings. The summed E-state index contributed by atoms with van der Waals surface area (Å²) in [6, 6.07) is 0.0988. The molecule has 3 unspecified atom stereocenters. The van der Waals surface area contributed by atoms with Crippen molar-refractivity contribution in [2.24, 2.45) is 11.8 Å². The monoisotopic (exact) mass is 303 g/mol. The highest BCUT2D eigenvalue weighted by atomic mass is 32.2. The van der Waals surface area contributed by atoms with E-state index in [0.717, 1.165) is 12.8 Å². The molecule has 1 saturated heterocycles. The second kappa shape index (κ2) is 6.02. The normalized spacial score (nSPS) is 37.1. The number of aliphatic carboxylic acids is 1. The quantitative estimate of drug-likeness (QED) is 0.849. The predicted molar refractivity (Wildman–Crippen MR) is 77.4 cm³/mol. The van der Waals surface area contributed by atoms with Gasteiger partial charge in [-0.3, -0.25) is 9.69 Å². The summed E-state index contributed by atoms with van der Waals surface area (Å²) < 4.78 is 23.3. The maximum atomic E-state index is 11.7. The zero-order chi connectivity index (χ0) is 14.9. The molecule has 1 heterocycles. The van der Waals surface area contributed by atoms with Gasteiger partial charge in [0.1, 0.15) is 0 Å². The summed E-state index contributed by atoms with van der Waals surface area (Å²) in [5.74, 6) is 0.627. The van der Waals surface area contributed by atoms with Crippen LogP contribution < -0.4 is 0 Å². The fourth-order valence-corrected chi connectivity index (χ4v) is 5.67. The lowest BCUT2D eigenvalue weighted by atomic mass is 9.79. The summed E-state index contributed by atoms with van der Waals surface area (Å²) in [7, 11) is -2.98. The van der Waals surface area contributed by atoms with Crippen molar-refractivity contribution < 1.29 is 18.3 Å². The lowest BCUT2D eigenvalue weighted by molar-refractivity contribution is -0.140. The van der Waals surface area contributed by atoms with Gasteiger partial charge in [-0.05, 0) is 37.5 Å². The van der Waals surface area contributed by atoms with Crippen LogP contribution in [0, 0.1) is 11.8 Å². The van der Waals surface area contributed by atoms with Gasteiger partial charge in [0.2, 0.25) is 0 Å². The molecule has 1 aliphatic heterocycles. The van der Waals surface area contributed by atoms with Crippen molar-refractivity contribution in [3.8, 4) is 0 Å². The third-order valence-corrected chi connectivity index (χ3v) is 6.37. The largest absolute Gasteiger partial charge is 0.480 e. The van der Waals surface area contributed by atoms with Gasteiger partial charge < -0.3 is 5.11 Å². The second-order valence-electron chi connectivity index (χ2n) is 6.69. The highest BCUT2D eigenvalue weighted by molar-refractivity contribution is 7.91. The Morgan fingerprint density at radius 1 is 1.15 bits per heavy atom.